The van der Waals surface area contributed by atoms with Crippen LogP contribution in [0.5, 0.6) is 0 Å². The Labute approximate surface area is 217 Å². The Balaban J connectivity index is 1.38. The first kappa shape index (κ1) is 25.0. The van der Waals surface area contributed by atoms with E-state index in [-0.39, 0.29) is 50.6 Å². The van der Waals surface area contributed by atoms with Crippen molar-refractivity contribution in [3.05, 3.63) is 94.7 Å². The fraction of sp³-hybridized carbons (Fsp3) is 0.296. The molecular weight excluding hydrogens is 501 g/mol. The number of ether oxygens (including phenoxy) is 1. The largest absolute Gasteiger partial charge is 0.467 e. The molecule has 0 unspecified atom stereocenters. The average molecular weight is 526 g/mol. The van der Waals surface area contributed by atoms with E-state index in [4.69, 9.17) is 20.8 Å². The molecular formula is C27H25ClFN3O5. The van der Waals surface area contributed by atoms with Gasteiger partial charge in [0.25, 0.3) is 11.8 Å². The lowest BCUT2D eigenvalue weighted by molar-refractivity contribution is -0.128. The SMILES string of the molecule is O=C(NCc1ccco1)[C@H]1COC2(CCN(C(=O)c3ccccc3Cl)CC2)N1C(=O)c1cccc(F)c1. The van der Waals surface area contributed by atoms with Crippen molar-refractivity contribution < 1.29 is 27.9 Å². The average Bonchev–Trinajstić information content (AvgIpc) is 3.56. The summed E-state index contributed by atoms with van der Waals surface area (Å²) in [6.45, 7) is 0.705. The molecule has 2 saturated heterocycles. The summed E-state index contributed by atoms with van der Waals surface area (Å²) in [5.41, 5.74) is -0.605. The van der Waals surface area contributed by atoms with E-state index in [1.807, 2.05) is 0 Å². The number of rotatable bonds is 5. The maximum Gasteiger partial charge on any atom is 0.256 e. The molecule has 1 aromatic heterocycles. The van der Waals surface area contributed by atoms with Gasteiger partial charge < -0.3 is 19.4 Å². The second kappa shape index (κ2) is 10.4. The number of hydrogen-bond acceptors (Lipinski definition) is 5. The summed E-state index contributed by atoms with van der Waals surface area (Å²) in [5.74, 6) is -1.13. The molecule has 3 heterocycles. The molecule has 10 heteroatoms. The third-order valence-electron chi connectivity index (χ3n) is 6.81. The molecule has 0 bridgehead atoms. The van der Waals surface area contributed by atoms with Gasteiger partial charge in [0.15, 0.2) is 0 Å². The van der Waals surface area contributed by atoms with Crippen LogP contribution in [0.25, 0.3) is 0 Å². The monoisotopic (exact) mass is 525 g/mol. The summed E-state index contributed by atoms with van der Waals surface area (Å²) in [6, 6.07) is 14.7. The van der Waals surface area contributed by atoms with Crippen LogP contribution in [0.15, 0.2) is 71.3 Å². The zero-order chi connectivity index (χ0) is 26.0. The number of likely N-dealkylation sites (tertiary alicyclic amines) is 1. The Kier molecular flexibility index (Phi) is 6.99. The number of benzene rings is 2. The predicted molar refractivity (Wildman–Crippen MR) is 132 cm³/mol. The van der Waals surface area contributed by atoms with Gasteiger partial charge in [0.2, 0.25) is 5.91 Å². The lowest BCUT2D eigenvalue weighted by Crippen LogP contribution is -2.59. The second-order valence-corrected chi connectivity index (χ2v) is 9.43. The quantitative estimate of drug-likeness (QED) is 0.546. The Bertz CT molecular complexity index is 1310. The normalized spacial score (nSPS) is 18.7. The third kappa shape index (κ3) is 4.97. The van der Waals surface area contributed by atoms with Gasteiger partial charge in [0.05, 0.1) is 30.0 Å². The number of carbonyl (C=O) groups is 3. The smallest absolute Gasteiger partial charge is 0.256 e. The summed E-state index contributed by atoms with van der Waals surface area (Å²) < 4.78 is 25.4. The molecule has 1 N–H and O–H groups in total. The number of halogens is 2. The molecule has 1 spiro atoms. The molecule has 3 amide bonds. The van der Waals surface area contributed by atoms with E-state index in [0.717, 1.165) is 6.07 Å². The topological polar surface area (TPSA) is 92.1 Å². The van der Waals surface area contributed by atoms with Crippen LogP contribution in [0, 0.1) is 5.82 Å². The lowest BCUT2D eigenvalue weighted by Gasteiger charge is -2.44. The van der Waals surface area contributed by atoms with Crippen molar-refractivity contribution in [2.45, 2.75) is 31.2 Å². The van der Waals surface area contributed by atoms with E-state index < -0.39 is 29.4 Å². The second-order valence-electron chi connectivity index (χ2n) is 9.03. The van der Waals surface area contributed by atoms with Crippen molar-refractivity contribution in [1.29, 1.82) is 0 Å². The highest BCUT2D eigenvalue weighted by molar-refractivity contribution is 6.33. The van der Waals surface area contributed by atoms with Gasteiger partial charge >= 0.3 is 0 Å². The molecule has 0 radical (unpaired) electrons. The molecule has 3 aromatic rings. The summed E-state index contributed by atoms with van der Waals surface area (Å²) >= 11 is 6.22. The van der Waals surface area contributed by atoms with Gasteiger partial charge in [-0.15, -0.1) is 0 Å². The van der Waals surface area contributed by atoms with E-state index >= 15 is 0 Å². The minimum absolute atomic E-state index is 0.0243. The van der Waals surface area contributed by atoms with Gasteiger partial charge in [-0.05, 0) is 42.5 Å². The van der Waals surface area contributed by atoms with Crippen molar-refractivity contribution in [3.63, 3.8) is 0 Å². The molecule has 0 saturated carbocycles. The van der Waals surface area contributed by atoms with E-state index in [1.54, 1.807) is 41.3 Å². The Morgan fingerprint density at radius 1 is 1.03 bits per heavy atom. The zero-order valence-electron chi connectivity index (χ0n) is 19.9. The van der Waals surface area contributed by atoms with Crippen LogP contribution in [0.1, 0.15) is 39.3 Å². The molecule has 2 aliphatic heterocycles. The van der Waals surface area contributed by atoms with Crippen LogP contribution in [0.2, 0.25) is 5.02 Å². The van der Waals surface area contributed by atoms with Gasteiger partial charge in [-0.1, -0.05) is 29.8 Å². The Morgan fingerprint density at radius 3 is 2.51 bits per heavy atom. The molecule has 1 atom stereocenters. The lowest BCUT2D eigenvalue weighted by atomic mass is 9.96. The maximum absolute atomic E-state index is 14.0. The van der Waals surface area contributed by atoms with Crippen molar-refractivity contribution in [2.24, 2.45) is 0 Å². The number of nitrogens with one attached hydrogen (secondary N) is 1. The number of nitrogens with zero attached hydrogens (tertiary/aromatic N) is 2. The molecule has 2 aliphatic rings. The van der Waals surface area contributed by atoms with Crippen molar-refractivity contribution in [3.8, 4) is 0 Å². The molecule has 8 nitrogen and oxygen atoms in total. The predicted octanol–water partition coefficient (Wildman–Crippen LogP) is 3.86. The van der Waals surface area contributed by atoms with Crippen LogP contribution in [-0.2, 0) is 16.1 Å². The standard InChI is InChI=1S/C27H25ClFN3O5/c28-22-9-2-1-8-21(22)26(35)31-12-10-27(11-13-31)32(25(34)18-5-3-6-19(29)15-18)23(17-37-27)24(33)30-16-20-7-4-14-36-20/h1-9,14-15,23H,10-13,16-17H2,(H,30,33)/t23-/m1/s1. The zero-order valence-corrected chi connectivity index (χ0v) is 20.6. The first-order valence-corrected chi connectivity index (χ1v) is 12.3. The minimum Gasteiger partial charge on any atom is -0.467 e. The summed E-state index contributed by atoms with van der Waals surface area (Å²) in [7, 11) is 0. The van der Waals surface area contributed by atoms with Gasteiger partial charge in [0, 0.05) is 31.5 Å². The summed E-state index contributed by atoms with van der Waals surface area (Å²) in [4.78, 5) is 43.0. The maximum atomic E-state index is 14.0. The number of piperidine rings is 1. The number of amides is 3. The number of carbonyl (C=O) groups excluding carboxylic acids is 3. The van der Waals surface area contributed by atoms with E-state index in [1.165, 1.54) is 29.4 Å². The van der Waals surface area contributed by atoms with Crippen LogP contribution in [0.3, 0.4) is 0 Å². The van der Waals surface area contributed by atoms with Gasteiger partial charge in [-0.2, -0.15) is 0 Å². The van der Waals surface area contributed by atoms with E-state index in [2.05, 4.69) is 5.32 Å². The molecule has 0 aliphatic carbocycles. The highest BCUT2D eigenvalue weighted by Crippen LogP contribution is 2.39. The van der Waals surface area contributed by atoms with Crippen molar-refractivity contribution >= 4 is 29.3 Å². The first-order valence-electron chi connectivity index (χ1n) is 11.9. The van der Waals surface area contributed by atoms with E-state index in [9.17, 15) is 18.8 Å². The van der Waals surface area contributed by atoms with Crippen LogP contribution in [-0.4, -0.2) is 59.0 Å². The van der Waals surface area contributed by atoms with E-state index in [0.29, 0.717) is 16.3 Å². The summed E-state index contributed by atoms with van der Waals surface area (Å²) in [6.07, 6.45) is 2.07. The third-order valence-corrected chi connectivity index (χ3v) is 7.14. The van der Waals surface area contributed by atoms with Crippen molar-refractivity contribution in [2.75, 3.05) is 19.7 Å². The highest BCUT2D eigenvalue weighted by Gasteiger charge is 2.54. The molecule has 37 heavy (non-hydrogen) atoms. The fourth-order valence-corrected chi connectivity index (χ4v) is 5.11. The Hall–Kier alpha value is -3.69. The summed E-state index contributed by atoms with van der Waals surface area (Å²) in [5, 5.41) is 3.15. The fourth-order valence-electron chi connectivity index (χ4n) is 4.90. The highest BCUT2D eigenvalue weighted by atomic mass is 35.5. The first-order chi connectivity index (χ1) is 17.9. The van der Waals surface area contributed by atoms with Gasteiger partial charge in [-0.3, -0.25) is 19.3 Å². The van der Waals surface area contributed by atoms with Gasteiger partial charge in [-0.25, -0.2) is 4.39 Å². The molecule has 5 rings (SSSR count). The van der Waals surface area contributed by atoms with Crippen molar-refractivity contribution in [1.82, 2.24) is 15.1 Å². The molecule has 2 aromatic carbocycles. The molecule has 192 valence electrons. The van der Waals surface area contributed by atoms with Crippen LogP contribution >= 0.6 is 11.6 Å². The Morgan fingerprint density at radius 2 is 1.81 bits per heavy atom. The van der Waals surface area contributed by atoms with Crippen LogP contribution < -0.4 is 5.32 Å². The number of furan rings is 1. The minimum atomic E-state index is -1.12. The van der Waals surface area contributed by atoms with Gasteiger partial charge in [0.1, 0.15) is 23.3 Å². The van der Waals surface area contributed by atoms with Crippen LogP contribution in [0.4, 0.5) is 4.39 Å². The number of hydrogen-bond donors (Lipinski definition) is 1. The molecule has 2 fully saturated rings.